The molecule has 3 atom stereocenters. The highest BCUT2D eigenvalue weighted by molar-refractivity contribution is 5.96. The predicted molar refractivity (Wildman–Crippen MR) is 107 cm³/mol. The van der Waals surface area contributed by atoms with E-state index in [2.05, 4.69) is 16.0 Å². The zero-order chi connectivity index (χ0) is 25.7. The lowest BCUT2D eigenvalue weighted by Gasteiger charge is -2.20. The first-order chi connectivity index (χ1) is 15.2. The summed E-state index contributed by atoms with van der Waals surface area (Å²) in [6.07, 6.45) is -1.91. The van der Waals surface area contributed by atoms with E-state index in [-0.39, 0.29) is 0 Å². The molecule has 33 heavy (non-hydrogen) atoms. The second-order valence-electron chi connectivity index (χ2n) is 6.63. The summed E-state index contributed by atoms with van der Waals surface area (Å²) >= 11 is 0. The Morgan fingerprint density at radius 1 is 0.636 bits per heavy atom. The molecular weight excluding hydrogens is 448 g/mol. The van der Waals surface area contributed by atoms with E-state index in [1.54, 1.807) is 0 Å². The molecule has 0 bridgehead atoms. The maximum atomic E-state index is 12.2. The lowest BCUT2D eigenvalue weighted by molar-refractivity contribution is -0.143. The second kappa shape index (κ2) is 13.9. The van der Waals surface area contributed by atoms with Crippen LogP contribution in [-0.2, 0) is 38.4 Å². The molecule has 0 aromatic carbocycles. The quantitative estimate of drug-likeness (QED) is 0.108. The van der Waals surface area contributed by atoms with Crippen LogP contribution in [0.5, 0.6) is 0 Å². The van der Waals surface area contributed by atoms with Gasteiger partial charge in [-0.3, -0.25) is 33.6 Å². The second-order valence-corrected chi connectivity index (χ2v) is 6.63. The number of nitrogens with two attached hydrogens (primary N) is 4. The Bertz CT molecular complexity index is 816. The van der Waals surface area contributed by atoms with E-state index < -0.39 is 97.8 Å². The van der Waals surface area contributed by atoms with Crippen molar-refractivity contribution >= 4 is 47.3 Å². The van der Waals surface area contributed by atoms with Crippen LogP contribution in [0.3, 0.4) is 0 Å². The number of aliphatic carboxylic acids is 1. The fourth-order valence-corrected chi connectivity index (χ4v) is 2.18. The predicted octanol–water partition coefficient (Wildman–Crippen LogP) is -6.77. The van der Waals surface area contributed by atoms with E-state index in [4.69, 9.17) is 28.0 Å². The zero-order valence-corrected chi connectivity index (χ0v) is 17.3. The molecule has 0 spiro atoms. The Balaban J connectivity index is 4.79. The standard InChI is InChI=1S/C16H26N8O9/c17-6(1-9(18)25)14(30)22-4-12(28)21-5-13(29)23-7(2-10(19)26)15(31)24-8(16(32)33)3-11(20)27/h6-8H,1-5,17H2,(H2,18,25)(H2,19,26)(H2,20,27)(H,21,28)(H,22,30)(H,23,29)(H,24,31)(H,32,33)/t6-,7-,8-/m0/s1. The molecule has 13 N–H and O–H groups in total. The van der Waals surface area contributed by atoms with E-state index in [0.717, 1.165) is 0 Å². The number of carbonyl (C=O) groups is 8. The smallest absolute Gasteiger partial charge is 0.326 e. The van der Waals surface area contributed by atoms with Crippen LogP contribution in [0, 0.1) is 0 Å². The van der Waals surface area contributed by atoms with E-state index in [9.17, 15) is 38.4 Å². The van der Waals surface area contributed by atoms with Gasteiger partial charge in [0, 0.05) is 0 Å². The van der Waals surface area contributed by atoms with Crippen molar-refractivity contribution in [1.29, 1.82) is 0 Å². The number of nitrogens with one attached hydrogen (secondary N) is 4. The summed E-state index contributed by atoms with van der Waals surface area (Å²) in [5.41, 5.74) is 20.2. The van der Waals surface area contributed by atoms with E-state index in [1.165, 1.54) is 0 Å². The Kier molecular flexibility index (Phi) is 12.1. The van der Waals surface area contributed by atoms with Crippen molar-refractivity contribution in [2.24, 2.45) is 22.9 Å². The van der Waals surface area contributed by atoms with Crippen LogP contribution in [0.1, 0.15) is 19.3 Å². The number of rotatable bonds is 15. The molecule has 17 heteroatoms. The molecule has 184 valence electrons. The molecular formula is C16H26N8O9. The molecule has 0 aromatic heterocycles. The van der Waals surface area contributed by atoms with Gasteiger partial charge in [0.1, 0.15) is 12.1 Å². The lowest BCUT2D eigenvalue weighted by atomic mass is 10.1. The Labute approximate surface area is 186 Å². The minimum atomic E-state index is -1.72. The average Bonchev–Trinajstić information content (AvgIpc) is 2.67. The molecule has 0 aromatic rings. The summed E-state index contributed by atoms with van der Waals surface area (Å²) in [5.74, 6) is -8.24. The van der Waals surface area contributed by atoms with Gasteiger partial charge >= 0.3 is 5.97 Å². The van der Waals surface area contributed by atoms with Crippen molar-refractivity contribution < 1.29 is 43.5 Å². The average molecular weight is 474 g/mol. The third-order valence-corrected chi connectivity index (χ3v) is 3.70. The highest BCUT2D eigenvalue weighted by atomic mass is 16.4. The third-order valence-electron chi connectivity index (χ3n) is 3.70. The number of carbonyl (C=O) groups excluding carboxylic acids is 7. The van der Waals surface area contributed by atoms with E-state index in [0.29, 0.717) is 0 Å². The van der Waals surface area contributed by atoms with Crippen LogP contribution in [0.15, 0.2) is 0 Å². The van der Waals surface area contributed by atoms with Gasteiger partial charge in [-0.25, -0.2) is 4.79 Å². The maximum absolute atomic E-state index is 12.2. The summed E-state index contributed by atoms with van der Waals surface area (Å²) in [6.45, 7) is -1.30. The molecule has 0 rings (SSSR count). The topological polar surface area (TPSA) is 309 Å². The monoisotopic (exact) mass is 474 g/mol. The number of amides is 7. The van der Waals surface area contributed by atoms with Gasteiger partial charge in [-0.05, 0) is 0 Å². The minimum absolute atomic E-state index is 0.443. The largest absolute Gasteiger partial charge is 0.480 e. The van der Waals surface area contributed by atoms with Crippen molar-refractivity contribution in [3.05, 3.63) is 0 Å². The summed E-state index contributed by atoms with van der Waals surface area (Å²) < 4.78 is 0. The third kappa shape index (κ3) is 12.9. The van der Waals surface area contributed by atoms with Gasteiger partial charge in [-0.15, -0.1) is 0 Å². The highest BCUT2D eigenvalue weighted by Crippen LogP contribution is 1.97. The van der Waals surface area contributed by atoms with Crippen LogP contribution in [0.2, 0.25) is 0 Å². The van der Waals surface area contributed by atoms with Crippen LogP contribution >= 0.6 is 0 Å². The first-order valence-corrected chi connectivity index (χ1v) is 9.20. The molecule has 0 heterocycles. The molecule has 17 nitrogen and oxygen atoms in total. The fourth-order valence-electron chi connectivity index (χ4n) is 2.18. The molecule has 0 saturated carbocycles. The Morgan fingerprint density at radius 2 is 1.12 bits per heavy atom. The summed E-state index contributed by atoms with van der Waals surface area (Å²) in [6, 6.07) is -4.60. The fraction of sp³-hybridized carbons (Fsp3) is 0.500. The molecule has 0 fully saturated rings. The number of carboxylic acids is 1. The van der Waals surface area contributed by atoms with Gasteiger partial charge < -0.3 is 49.3 Å². The van der Waals surface area contributed by atoms with Crippen molar-refractivity contribution in [2.75, 3.05) is 13.1 Å². The van der Waals surface area contributed by atoms with Gasteiger partial charge in [0.25, 0.3) is 0 Å². The first kappa shape index (κ1) is 28.7. The number of hydrogen-bond donors (Lipinski definition) is 9. The van der Waals surface area contributed by atoms with Gasteiger partial charge in [0.05, 0.1) is 38.4 Å². The Morgan fingerprint density at radius 3 is 1.61 bits per heavy atom. The van der Waals surface area contributed by atoms with Crippen LogP contribution in [0.25, 0.3) is 0 Å². The van der Waals surface area contributed by atoms with Crippen LogP contribution < -0.4 is 44.2 Å². The number of primary amides is 3. The first-order valence-electron chi connectivity index (χ1n) is 9.20. The van der Waals surface area contributed by atoms with Gasteiger partial charge in [-0.1, -0.05) is 0 Å². The number of carboxylic acid groups (broad SMARTS) is 1. The molecule has 0 aliphatic rings. The molecule has 0 radical (unpaired) electrons. The van der Waals surface area contributed by atoms with E-state index in [1.807, 2.05) is 5.32 Å². The zero-order valence-electron chi connectivity index (χ0n) is 17.3. The summed E-state index contributed by atoms with van der Waals surface area (Å²) in [4.78, 5) is 91.5. The molecule has 0 aliphatic carbocycles. The Hall–Kier alpha value is -4.28. The normalized spacial score (nSPS) is 12.9. The minimum Gasteiger partial charge on any atom is -0.480 e. The van der Waals surface area contributed by atoms with Crippen molar-refractivity contribution in [2.45, 2.75) is 37.4 Å². The lowest BCUT2D eigenvalue weighted by Crippen LogP contribution is -2.55. The number of hydrogen-bond acceptors (Lipinski definition) is 9. The molecule has 0 saturated heterocycles. The SMILES string of the molecule is NC(=O)C[C@H](NC(=O)[C@H](CC(N)=O)NC(=O)CNC(=O)CNC(=O)[C@@H](N)CC(N)=O)C(=O)O. The van der Waals surface area contributed by atoms with Crippen LogP contribution in [-0.4, -0.2) is 83.6 Å². The van der Waals surface area contributed by atoms with Crippen LogP contribution in [0.4, 0.5) is 0 Å². The van der Waals surface area contributed by atoms with Gasteiger partial charge in [0.2, 0.25) is 41.4 Å². The summed E-state index contributed by atoms with van der Waals surface area (Å²) in [5, 5.41) is 17.2. The molecule has 0 unspecified atom stereocenters. The van der Waals surface area contributed by atoms with Gasteiger partial charge in [0.15, 0.2) is 0 Å². The molecule has 0 aliphatic heterocycles. The van der Waals surface area contributed by atoms with E-state index >= 15 is 0 Å². The summed E-state index contributed by atoms with van der Waals surface area (Å²) in [7, 11) is 0. The van der Waals surface area contributed by atoms with Gasteiger partial charge in [-0.2, -0.15) is 0 Å². The van der Waals surface area contributed by atoms with Crippen molar-refractivity contribution in [1.82, 2.24) is 21.3 Å². The molecule has 7 amide bonds. The van der Waals surface area contributed by atoms with Crippen molar-refractivity contribution in [3.8, 4) is 0 Å². The highest BCUT2D eigenvalue weighted by Gasteiger charge is 2.28. The maximum Gasteiger partial charge on any atom is 0.326 e. The van der Waals surface area contributed by atoms with Crippen molar-refractivity contribution in [3.63, 3.8) is 0 Å².